The summed E-state index contributed by atoms with van der Waals surface area (Å²) in [6.07, 6.45) is 6.64. The standard InChI is InChI=1S/C21H18N6O2/c22-8-15-3-1-5-17(7-15)21(29)26-12-18-11-24-14-27(18)19(13-26)20(28)25-10-16-4-2-6-23-9-16/h1-7,9,11,14,19H,10,12-13H2,(H,25,28)/t19-/m0/s1. The maximum absolute atomic E-state index is 13.0. The normalized spacial score (nSPS) is 15.3. The van der Waals surface area contributed by atoms with E-state index in [2.05, 4.69) is 15.3 Å². The number of nitrogens with zero attached hydrogens (tertiary/aromatic N) is 5. The molecule has 3 heterocycles. The number of hydrogen-bond acceptors (Lipinski definition) is 5. The minimum atomic E-state index is -0.582. The average molecular weight is 386 g/mol. The molecule has 29 heavy (non-hydrogen) atoms. The van der Waals surface area contributed by atoms with E-state index in [1.165, 1.54) is 0 Å². The smallest absolute Gasteiger partial charge is 0.254 e. The van der Waals surface area contributed by atoms with Gasteiger partial charge in [-0.3, -0.25) is 14.6 Å². The predicted molar refractivity (Wildman–Crippen MR) is 103 cm³/mol. The number of fused-ring (bicyclic) bond motifs is 1. The molecule has 0 saturated heterocycles. The number of nitrogens with one attached hydrogen (secondary N) is 1. The Kier molecular flexibility index (Phi) is 5.03. The van der Waals surface area contributed by atoms with Gasteiger partial charge in [-0.2, -0.15) is 5.26 Å². The second kappa shape index (κ2) is 7.94. The molecule has 0 fully saturated rings. The average Bonchev–Trinajstić information content (AvgIpc) is 3.25. The summed E-state index contributed by atoms with van der Waals surface area (Å²) in [5.74, 6) is -0.420. The fourth-order valence-corrected chi connectivity index (χ4v) is 3.37. The zero-order valence-electron chi connectivity index (χ0n) is 15.5. The number of rotatable bonds is 4. The van der Waals surface area contributed by atoms with Crippen LogP contribution in [0.25, 0.3) is 0 Å². The van der Waals surface area contributed by atoms with Gasteiger partial charge >= 0.3 is 0 Å². The maximum atomic E-state index is 13.0. The fraction of sp³-hybridized carbons (Fsp3) is 0.190. The summed E-state index contributed by atoms with van der Waals surface area (Å²) in [6, 6.07) is 11.7. The van der Waals surface area contributed by atoms with E-state index >= 15 is 0 Å². The molecule has 0 bridgehead atoms. The Morgan fingerprint density at radius 3 is 2.90 bits per heavy atom. The van der Waals surface area contributed by atoms with Crippen LogP contribution in [0, 0.1) is 11.3 Å². The molecular formula is C21H18N6O2. The number of carbonyl (C=O) groups is 2. The predicted octanol–water partition coefficient (Wildman–Crippen LogP) is 1.66. The van der Waals surface area contributed by atoms with Gasteiger partial charge in [0.25, 0.3) is 5.91 Å². The van der Waals surface area contributed by atoms with Crippen LogP contribution < -0.4 is 5.32 Å². The number of nitriles is 1. The van der Waals surface area contributed by atoms with Gasteiger partial charge in [0.2, 0.25) is 5.91 Å². The Bertz CT molecular complexity index is 1090. The lowest BCUT2D eigenvalue weighted by Gasteiger charge is -2.33. The van der Waals surface area contributed by atoms with Crippen molar-refractivity contribution in [2.24, 2.45) is 0 Å². The van der Waals surface area contributed by atoms with Crippen molar-refractivity contribution in [2.75, 3.05) is 6.54 Å². The van der Waals surface area contributed by atoms with Gasteiger partial charge in [0.05, 0.1) is 36.7 Å². The van der Waals surface area contributed by atoms with Crippen LogP contribution in [-0.4, -0.2) is 37.8 Å². The minimum absolute atomic E-state index is 0.198. The van der Waals surface area contributed by atoms with Crippen LogP contribution in [-0.2, 0) is 17.9 Å². The molecule has 2 aromatic heterocycles. The molecule has 4 rings (SSSR count). The first-order valence-corrected chi connectivity index (χ1v) is 9.12. The van der Waals surface area contributed by atoms with Gasteiger partial charge in [-0.15, -0.1) is 0 Å². The van der Waals surface area contributed by atoms with Crippen molar-refractivity contribution in [3.63, 3.8) is 0 Å². The summed E-state index contributed by atoms with van der Waals surface area (Å²) in [5, 5.41) is 12.0. The van der Waals surface area contributed by atoms with E-state index in [4.69, 9.17) is 5.26 Å². The molecule has 1 aliphatic heterocycles. The molecule has 0 aliphatic carbocycles. The summed E-state index contributed by atoms with van der Waals surface area (Å²) in [4.78, 5) is 35.7. The summed E-state index contributed by atoms with van der Waals surface area (Å²) in [5.41, 5.74) is 2.52. The van der Waals surface area contributed by atoms with E-state index < -0.39 is 6.04 Å². The zero-order chi connectivity index (χ0) is 20.2. The SMILES string of the molecule is N#Cc1cccc(C(=O)N2Cc3cncn3[C@H](C(=O)NCc3cccnc3)C2)c1. The van der Waals surface area contributed by atoms with Crippen LogP contribution in [0.1, 0.15) is 33.2 Å². The number of hydrogen-bond donors (Lipinski definition) is 1. The van der Waals surface area contributed by atoms with Gasteiger partial charge in [0.1, 0.15) is 6.04 Å². The van der Waals surface area contributed by atoms with E-state index in [9.17, 15) is 9.59 Å². The molecule has 1 aromatic carbocycles. The van der Waals surface area contributed by atoms with Crippen molar-refractivity contribution in [1.29, 1.82) is 5.26 Å². The number of amides is 2. The van der Waals surface area contributed by atoms with Crippen LogP contribution in [0.15, 0.2) is 61.3 Å². The number of imidazole rings is 1. The minimum Gasteiger partial charge on any atom is -0.350 e. The third kappa shape index (κ3) is 3.84. The van der Waals surface area contributed by atoms with Gasteiger partial charge in [0.15, 0.2) is 0 Å². The van der Waals surface area contributed by atoms with E-state index in [0.717, 1.165) is 11.3 Å². The molecule has 1 aliphatic rings. The zero-order valence-corrected chi connectivity index (χ0v) is 15.5. The molecular weight excluding hydrogens is 368 g/mol. The van der Waals surface area contributed by atoms with E-state index in [-0.39, 0.29) is 18.4 Å². The van der Waals surface area contributed by atoms with Crippen molar-refractivity contribution in [3.05, 3.63) is 83.7 Å². The first-order chi connectivity index (χ1) is 14.2. The van der Waals surface area contributed by atoms with Gasteiger partial charge in [-0.05, 0) is 29.8 Å². The summed E-state index contributed by atoms with van der Waals surface area (Å²) in [6.45, 7) is 0.922. The third-order valence-electron chi connectivity index (χ3n) is 4.85. The van der Waals surface area contributed by atoms with Crippen LogP contribution in [0.5, 0.6) is 0 Å². The first kappa shape index (κ1) is 18.4. The van der Waals surface area contributed by atoms with Crippen LogP contribution in [0.2, 0.25) is 0 Å². The summed E-state index contributed by atoms with van der Waals surface area (Å²) in [7, 11) is 0. The molecule has 1 atom stereocenters. The van der Waals surface area contributed by atoms with Gasteiger partial charge in [0, 0.05) is 30.7 Å². The van der Waals surface area contributed by atoms with Crippen molar-refractivity contribution in [3.8, 4) is 6.07 Å². The summed E-state index contributed by atoms with van der Waals surface area (Å²) >= 11 is 0. The molecule has 8 heteroatoms. The molecule has 2 amide bonds. The Balaban J connectivity index is 1.53. The Labute approximate surface area is 167 Å². The molecule has 3 aromatic rings. The number of carbonyl (C=O) groups excluding carboxylic acids is 2. The van der Waals surface area contributed by atoms with Crippen molar-refractivity contribution in [2.45, 2.75) is 19.1 Å². The number of pyridine rings is 1. The Morgan fingerprint density at radius 2 is 2.10 bits per heavy atom. The second-order valence-electron chi connectivity index (χ2n) is 6.77. The highest BCUT2D eigenvalue weighted by molar-refractivity contribution is 5.95. The monoisotopic (exact) mass is 386 g/mol. The number of benzene rings is 1. The molecule has 0 spiro atoms. The molecule has 0 radical (unpaired) electrons. The van der Waals surface area contributed by atoms with E-state index in [0.29, 0.717) is 24.2 Å². The molecule has 1 N–H and O–H groups in total. The quantitative estimate of drug-likeness (QED) is 0.734. The fourth-order valence-electron chi connectivity index (χ4n) is 3.37. The highest BCUT2D eigenvalue weighted by Gasteiger charge is 2.32. The van der Waals surface area contributed by atoms with Crippen LogP contribution in [0.4, 0.5) is 0 Å². The van der Waals surface area contributed by atoms with Crippen molar-refractivity contribution >= 4 is 11.8 Å². The van der Waals surface area contributed by atoms with E-state index in [1.807, 2.05) is 18.2 Å². The van der Waals surface area contributed by atoms with Gasteiger partial charge in [-0.25, -0.2) is 4.98 Å². The Hall–Kier alpha value is -3.99. The maximum Gasteiger partial charge on any atom is 0.254 e. The molecule has 0 saturated carbocycles. The third-order valence-corrected chi connectivity index (χ3v) is 4.85. The second-order valence-corrected chi connectivity index (χ2v) is 6.77. The summed E-state index contributed by atoms with van der Waals surface area (Å²) < 4.78 is 1.80. The molecule has 144 valence electrons. The lowest BCUT2D eigenvalue weighted by Crippen LogP contribution is -2.46. The first-order valence-electron chi connectivity index (χ1n) is 9.12. The van der Waals surface area contributed by atoms with Gasteiger partial charge < -0.3 is 14.8 Å². The highest BCUT2D eigenvalue weighted by atomic mass is 16.2. The number of aromatic nitrogens is 3. The van der Waals surface area contributed by atoms with Crippen LogP contribution >= 0.6 is 0 Å². The molecule has 8 nitrogen and oxygen atoms in total. The lowest BCUT2D eigenvalue weighted by atomic mass is 10.1. The van der Waals surface area contributed by atoms with Crippen LogP contribution in [0.3, 0.4) is 0 Å². The largest absolute Gasteiger partial charge is 0.350 e. The highest BCUT2D eigenvalue weighted by Crippen LogP contribution is 2.23. The topological polar surface area (TPSA) is 104 Å². The van der Waals surface area contributed by atoms with Gasteiger partial charge in [-0.1, -0.05) is 12.1 Å². The van der Waals surface area contributed by atoms with E-state index in [1.54, 1.807) is 58.7 Å². The lowest BCUT2D eigenvalue weighted by molar-refractivity contribution is -0.125. The van der Waals surface area contributed by atoms with Crippen molar-refractivity contribution < 1.29 is 9.59 Å². The molecule has 0 unspecified atom stereocenters. The van der Waals surface area contributed by atoms with Crippen molar-refractivity contribution in [1.82, 2.24) is 24.8 Å². The Morgan fingerprint density at radius 1 is 1.21 bits per heavy atom.